The topological polar surface area (TPSA) is 72.9 Å². The van der Waals surface area contributed by atoms with Crippen molar-refractivity contribution in [3.05, 3.63) is 35.4 Å². The summed E-state index contributed by atoms with van der Waals surface area (Å²) in [6, 6.07) is 7.27. The van der Waals surface area contributed by atoms with Crippen LogP contribution in [-0.2, 0) is 18.8 Å². The number of hydrogen-bond donors (Lipinski definition) is 0. The molecule has 0 bridgehead atoms. The number of nitrogens with zero attached hydrogens (tertiary/aromatic N) is 1. The van der Waals surface area contributed by atoms with Crippen LogP contribution in [0.25, 0.3) is 0 Å². The van der Waals surface area contributed by atoms with Crippen molar-refractivity contribution < 1.29 is 21.6 Å². The first kappa shape index (κ1) is 16.6. The van der Waals surface area contributed by atoms with Crippen LogP contribution in [0.15, 0.2) is 24.3 Å². The molecule has 1 aromatic carbocycles. The zero-order chi connectivity index (χ0) is 15.2. The molecule has 0 spiro atoms. The molecule has 0 aliphatic rings. The van der Waals surface area contributed by atoms with Crippen molar-refractivity contribution >= 4 is 16.3 Å². The van der Waals surface area contributed by atoms with E-state index >= 15 is 0 Å². The molecule has 1 amide bonds. The molecule has 0 N–H and O–H groups in total. The standard InChI is InChI=1S/C13H19NO5S/c1-11-5-7-12(8-6-11)13(15)14(2)9-4-10-19-20(16,17)18-3/h5-8H,4,9-10H2,1-3H3. The number of rotatable bonds is 7. The number of benzene rings is 1. The highest BCUT2D eigenvalue weighted by atomic mass is 32.3. The summed E-state index contributed by atoms with van der Waals surface area (Å²) in [6.07, 6.45) is 0.399. The second kappa shape index (κ2) is 7.37. The fourth-order valence-electron chi connectivity index (χ4n) is 1.53. The van der Waals surface area contributed by atoms with E-state index in [2.05, 4.69) is 8.37 Å². The number of aryl methyl sites for hydroxylation is 1. The minimum absolute atomic E-state index is 0.0261. The summed E-state index contributed by atoms with van der Waals surface area (Å²) in [5.41, 5.74) is 1.69. The molecule has 0 heterocycles. The first-order chi connectivity index (χ1) is 9.35. The first-order valence-corrected chi connectivity index (χ1v) is 7.46. The van der Waals surface area contributed by atoms with Crippen LogP contribution in [0.1, 0.15) is 22.3 Å². The third kappa shape index (κ3) is 5.28. The van der Waals surface area contributed by atoms with Gasteiger partial charge in [0.1, 0.15) is 0 Å². The molecule has 0 unspecified atom stereocenters. The van der Waals surface area contributed by atoms with Crippen LogP contribution in [0.2, 0.25) is 0 Å². The Hall–Kier alpha value is -1.44. The molecule has 0 radical (unpaired) electrons. The summed E-state index contributed by atoms with van der Waals surface area (Å²) in [4.78, 5) is 13.6. The molecule has 0 aliphatic heterocycles. The Morgan fingerprint density at radius 2 is 1.85 bits per heavy atom. The lowest BCUT2D eigenvalue weighted by Crippen LogP contribution is -2.28. The monoisotopic (exact) mass is 301 g/mol. The zero-order valence-corrected chi connectivity index (χ0v) is 12.6. The quantitative estimate of drug-likeness (QED) is 0.711. The lowest BCUT2D eigenvalue weighted by atomic mass is 10.1. The van der Waals surface area contributed by atoms with Crippen molar-refractivity contribution in [2.45, 2.75) is 13.3 Å². The van der Waals surface area contributed by atoms with E-state index in [1.807, 2.05) is 19.1 Å². The van der Waals surface area contributed by atoms with Gasteiger partial charge < -0.3 is 4.90 Å². The van der Waals surface area contributed by atoms with Crippen LogP contribution in [0.3, 0.4) is 0 Å². The van der Waals surface area contributed by atoms with E-state index in [9.17, 15) is 13.2 Å². The molecule has 0 saturated heterocycles. The summed E-state index contributed by atoms with van der Waals surface area (Å²) >= 11 is 0. The average molecular weight is 301 g/mol. The Labute approximate surface area is 119 Å². The van der Waals surface area contributed by atoms with Crippen LogP contribution in [0.5, 0.6) is 0 Å². The normalized spacial score (nSPS) is 11.3. The molecular weight excluding hydrogens is 282 g/mol. The van der Waals surface area contributed by atoms with Gasteiger partial charge in [-0.2, -0.15) is 8.42 Å². The predicted octanol–water partition coefficient (Wildman–Crippen LogP) is 1.36. The molecule has 0 aromatic heterocycles. The van der Waals surface area contributed by atoms with E-state index in [0.717, 1.165) is 12.7 Å². The van der Waals surface area contributed by atoms with Gasteiger partial charge >= 0.3 is 10.4 Å². The van der Waals surface area contributed by atoms with Gasteiger partial charge in [0.05, 0.1) is 13.7 Å². The van der Waals surface area contributed by atoms with Crippen LogP contribution in [0.4, 0.5) is 0 Å². The second-order valence-corrected chi connectivity index (χ2v) is 5.73. The van der Waals surface area contributed by atoms with Gasteiger partial charge in [-0.15, -0.1) is 0 Å². The van der Waals surface area contributed by atoms with E-state index in [1.54, 1.807) is 19.2 Å². The van der Waals surface area contributed by atoms with Gasteiger partial charge in [-0.1, -0.05) is 17.7 Å². The molecule has 0 saturated carbocycles. The van der Waals surface area contributed by atoms with Crippen LogP contribution < -0.4 is 0 Å². The van der Waals surface area contributed by atoms with Gasteiger partial charge in [0.25, 0.3) is 5.91 Å². The maximum Gasteiger partial charge on any atom is 0.399 e. The van der Waals surface area contributed by atoms with E-state index in [-0.39, 0.29) is 12.5 Å². The molecule has 112 valence electrons. The smallest absolute Gasteiger partial charge is 0.342 e. The van der Waals surface area contributed by atoms with Crippen molar-refractivity contribution in [3.8, 4) is 0 Å². The zero-order valence-electron chi connectivity index (χ0n) is 11.8. The molecule has 1 rings (SSSR count). The summed E-state index contributed by atoms with van der Waals surface area (Å²) < 4.78 is 30.5. The van der Waals surface area contributed by atoms with E-state index in [4.69, 9.17) is 0 Å². The minimum Gasteiger partial charge on any atom is -0.342 e. The van der Waals surface area contributed by atoms with Crippen molar-refractivity contribution in [2.75, 3.05) is 27.3 Å². The number of hydrogen-bond acceptors (Lipinski definition) is 5. The van der Waals surface area contributed by atoms with Crippen LogP contribution in [-0.4, -0.2) is 46.5 Å². The van der Waals surface area contributed by atoms with Crippen LogP contribution >= 0.6 is 0 Å². The van der Waals surface area contributed by atoms with E-state index < -0.39 is 10.4 Å². The van der Waals surface area contributed by atoms with Gasteiger partial charge in [0.15, 0.2) is 0 Å². The molecule has 0 fully saturated rings. The van der Waals surface area contributed by atoms with Gasteiger partial charge in [0, 0.05) is 19.2 Å². The Bertz CT molecular complexity index is 538. The van der Waals surface area contributed by atoms with E-state index in [1.165, 1.54) is 4.90 Å². The molecule has 0 atom stereocenters. The predicted molar refractivity (Wildman–Crippen MR) is 74.6 cm³/mol. The minimum atomic E-state index is -3.90. The lowest BCUT2D eigenvalue weighted by molar-refractivity contribution is 0.0787. The van der Waals surface area contributed by atoms with Gasteiger partial charge in [-0.25, -0.2) is 4.18 Å². The highest BCUT2D eigenvalue weighted by molar-refractivity contribution is 7.81. The Kier molecular flexibility index (Phi) is 6.12. The second-order valence-electron chi connectivity index (χ2n) is 4.34. The maximum absolute atomic E-state index is 12.0. The van der Waals surface area contributed by atoms with Gasteiger partial charge in [0.2, 0.25) is 0 Å². The molecule has 1 aromatic rings. The number of carbonyl (C=O) groups excluding carboxylic acids is 1. The Morgan fingerprint density at radius 3 is 2.40 bits per heavy atom. The van der Waals surface area contributed by atoms with E-state index in [0.29, 0.717) is 18.5 Å². The van der Waals surface area contributed by atoms with Gasteiger partial charge in [-0.3, -0.25) is 8.98 Å². The molecule has 20 heavy (non-hydrogen) atoms. The average Bonchev–Trinajstić information content (AvgIpc) is 2.43. The molecule has 7 heteroatoms. The highest BCUT2D eigenvalue weighted by Gasteiger charge is 2.12. The summed E-state index contributed by atoms with van der Waals surface area (Å²) in [6.45, 7) is 2.32. The number of carbonyl (C=O) groups is 1. The summed E-state index contributed by atoms with van der Waals surface area (Å²) in [5.74, 6) is -0.111. The summed E-state index contributed by atoms with van der Waals surface area (Å²) in [5, 5.41) is 0. The van der Waals surface area contributed by atoms with Gasteiger partial charge in [-0.05, 0) is 25.5 Å². The molecule has 0 aliphatic carbocycles. The maximum atomic E-state index is 12.0. The Balaban J connectivity index is 2.41. The molecule has 6 nitrogen and oxygen atoms in total. The largest absolute Gasteiger partial charge is 0.399 e. The third-order valence-electron chi connectivity index (χ3n) is 2.71. The third-order valence-corrected chi connectivity index (χ3v) is 3.58. The van der Waals surface area contributed by atoms with Crippen LogP contribution in [0, 0.1) is 6.92 Å². The Morgan fingerprint density at radius 1 is 1.25 bits per heavy atom. The SMILES string of the molecule is COS(=O)(=O)OCCCN(C)C(=O)c1ccc(C)cc1. The summed E-state index contributed by atoms with van der Waals surface area (Å²) in [7, 11) is -1.21. The fourth-order valence-corrected chi connectivity index (χ4v) is 1.95. The first-order valence-electron chi connectivity index (χ1n) is 6.13. The van der Waals surface area contributed by atoms with Crippen molar-refractivity contribution in [2.24, 2.45) is 0 Å². The number of amides is 1. The van der Waals surface area contributed by atoms with Crippen molar-refractivity contribution in [1.29, 1.82) is 0 Å². The highest BCUT2D eigenvalue weighted by Crippen LogP contribution is 2.06. The molecular formula is C13H19NO5S. The fraction of sp³-hybridized carbons (Fsp3) is 0.462. The van der Waals surface area contributed by atoms with Crippen molar-refractivity contribution in [1.82, 2.24) is 4.90 Å². The lowest BCUT2D eigenvalue weighted by Gasteiger charge is -2.17. The van der Waals surface area contributed by atoms with Crippen molar-refractivity contribution in [3.63, 3.8) is 0 Å².